The van der Waals surface area contributed by atoms with Crippen molar-refractivity contribution in [3.8, 4) is 5.75 Å². The molecule has 5 nitrogen and oxygen atoms in total. The van der Waals surface area contributed by atoms with Crippen LogP contribution in [0, 0.1) is 5.82 Å². The minimum Gasteiger partial charge on any atom is -0.493 e. The van der Waals surface area contributed by atoms with Crippen molar-refractivity contribution >= 4 is 17.5 Å². The Kier molecular flexibility index (Phi) is 4.97. The molecule has 0 unspecified atom stereocenters. The molecule has 3 rings (SSSR count). The molecule has 1 aliphatic rings. The standard InChI is InChI=1S/C19H19FN2O3/c1-2-25-17-9-4-3-8-16(17)19(24)21-14-11-18(23)22(12-14)15-7-5-6-13(20)10-15/h3-10,14H,2,11-12H2,1H3,(H,21,24)/t14-/m0/s1. The van der Waals surface area contributed by atoms with Gasteiger partial charge in [-0.2, -0.15) is 0 Å². The molecule has 1 saturated heterocycles. The summed E-state index contributed by atoms with van der Waals surface area (Å²) >= 11 is 0. The van der Waals surface area contributed by atoms with E-state index in [1.54, 1.807) is 36.4 Å². The lowest BCUT2D eigenvalue weighted by molar-refractivity contribution is -0.117. The molecule has 25 heavy (non-hydrogen) atoms. The molecule has 1 aliphatic heterocycles. The van der Waals surface area contributed by atoms with Gasteiger partial charge in [0.25, 0.3) is 5.91 Å². The molecule has 0 aromatic heterocycles. The van der Waals surface area contributed by atoms with E-state index in [9.17, 15) is 14.0 Å². The van der Waals surface area contributed by atoms with Crippen molar-refractivity contribution in [2.75, 3.05) is 18.1 Å². The van der Waals surface area contributed by atoms with Crippen LogP contribution in [0.2, 0.25) is 0 Å². The number of amides is 2. The van der Waals surface area contributed by atoms with Crippen LogP contribution in [0.5, 0.6) is 5.75 Å². The van der Waals surface area contributed by atoms with Gasteiger partial charge in [0, 0.05) is 18.7 Å². The minimum atomic E-state index is -0.400. The molecule has 6 heteroatoms. The van der Waals surface area contributed by atoms with Gasteiger partial charge >= 0.3 is 0 Å². The molecular formula is C19H19FN2O3. The molecule has 0 aliphatic carbocycles. The first-order valence-electron chi connectivity index (χ1n) is 8.17. The summed E-state index contributed by atoms with van der Waals surface area (Å²) in [6.45, 7) is 2.62. The Morgan fingerprint density at radius 1 is 1.28 bits per heavy atom. The molecule has 1 N–H and O–H groups in total. The van der Waals surface area contributed by atoms with Gasteiger partial charge in [0.05, 0.1) is 18.2 Å². The Balaban J connectivity index is 1.70. The summed E-state index contributed by atoms with van der Waals surface area (Å²) in [7, 11) is 0. The third kappa shape index (κ3) is 3.79. The van der Waals surface area contributed by atoms with Gasteiger partial charge in [-0.05, 0) is 37.3 Å². The number of nitrogens with zero attached hydrogens (tertiary/aromatic N) is 1. The lowest BCUT2D eigenvalue weighted by Crippen LogP contribution is -2.37. The predicted molar refractivity (Wildman–Crippen MR) is 92.2 cm³/mol. The van der Waals surface area contributed by atoms with Crippen molar-refractivity contribution in [3.63, 3.8) is 0 Å². The van der Waals surface area contributed by atoms with Crippen LogP contribution in [0.25, 0.3) is 0 Å². The van der Waals surface area contributed by atoms with Gasteiger partial charge in [0.1, 0.15) is 11.6 Å². The van der Waals surface area contributed by atoms with E-state index in [0.29, 0.717) is 30.2 Å². The van der Waals surface area contributed by atoms with Crippen LogP contribution >= 0.6 is 0 Å². The van der Waals surface area contributed by atoms with Crippen LogP contribution in [-0.4, -0.2) is 31.0 Å². The number of hydrogen-bond donors (Lipinski definition) is 1. The topological polar surface area (TPSA) is 58.6 Å². The van der Waals surface area contributed by atoms with Gasteiger partial charge in [0.15, 0.2) is 0 Å². The maximum absolute atomic E-state index is 13.4. The SMILES string of the molecule is CCOc1ccccc1C(=O)N[C@H]1CC(=O)N(c2cccc(F)c2)C1. The number of hydrogen-bond acceptors (Lipinski definition) is 3. The van der Waals surface area contributed by atoms with E-state index >= 15 is 0 Å². The molecular weight excluding hydrogens is 323 g/mol. The fourth-order valence-corrected chi connectivity index (χ4v) is 2.90. The van der Waals surface area contributed by atoms with E-state index in [0.717, 1.165) is 0 Å². The molecule has 2 aromatic rings. The molecule has 0 radical (unpaired) electrons. The van der Waals surface area contributed by atoms with Crippen LogP contribution in [0.3, 0.4) is 0 Å². The third-order valence-electron chi connectivity index (χ3n) is 4.01. The Labute approximate surface area is 145 Å². The summed E-state index contributed by atoms with van der Waals surface area (Å²) in [5.74, 6) is -0.325. The summed E-state index contributed by atoms with van der Waals surface area (Å²) in [6, 6.07) is 12.5. The maximum Gasteiger partial charge on any atom is 0.255 e. The first-order valence-corrected chi connectivity index (χ1v) is 8.17. The number of rotatable bonds is 5. The number of halogens is 1. The smallest absolute Gasteiger partial charge is 0.255 e. The number of nitrogens with one attached hydrogen (secondary N) is 1. The summed E-state index contributed by atoms with van der Waals surface area (Å²) in [6.07, 6.45) is 0.180. The summed E-state index contributed by atoms with van der Waals surface area (Å²) < 4.78 is 18.8. The van der Waals surface area contributed by atoms with Gasteiger partial charge in [-0.3, -0.25) is 9.59 Å². The second kappa shape index (κ2) is 7.34. The van der Waals surface area contributed by atoms with E-state index in [1.165, 1.54) is 17.0 Å². The van der Waals surface area contributed by atoms with Crippen LogP contribution < -0.4 is 15.0 Å². The first kappa shape index (κ1) is 17.0. The van der Waals surface area contributed by atoms with E-state index in [1.807, 2.05) is 6.92 Å². The van der Waals surface area contributed by atoms with Crippen LogP contribution in [-0.2, 0) is 4.79 Å². The second-order valence-electron chi connectivity index (χ2n) is 5.79. The highest BCUT2D eigenvalue weighted by atomic mass is 19.1. The van der Waals surface area contributed by atoms with E-state index < -0.39 is 5.82 Å². The number of anilines is 1. The normalized spacial score (nSPS) is 16.8. The highest BCUT2D eigenvalue weighted by Gasteiger charge is 2.32. The summed E-state index contributed by atoms with van der Waals surface area (Å²) in [5.41, 5.74) is 0.928. The number of carbonyl (C=O) groups excluding carboxylic acids is 2. The number of carbonyl (C=O) groups is 2. The van der Waals surface area contributed by atoms with Crippen LogP contribution in [0.4, 0.5) is 10.1 Å². The molecule has 1 fully saturated rings. The fourth-order valence-electron chi connectivity index (χ4n) is 2.90. The Bertz CT molecular complexity index is 794. The zero-order chi connectivity index (χ0) is 17.8. The number of ether oxygens (including phenoxy) is 1. The Morgan fingerprint density at radius 2 is 2.08 bits per heavy atom. The van der Waals surface area contributed by atoms with E-state index in [4.69, 9.17) is 4.74 Å². The zero-order valence-corrected chi connectivity index (χ0v) is 13.9. The maximum atomic E-state index is 13.4. The molecule has 0 saturated carbocycles. The van der Waals surface area contributed by atoms with Gasteiger partial charge in [-0.1, -0.05) is 18.2 Å². The molecule has 0 bridgehead atoms. The monoisotopic (exact) mass is 342 g/mol. The quantitative estimate of drug-likeness (QED) is 0.909. The highest BCUT2D eigenvalue weighted by Crippen LogP contribution is 2.23. The Hall–Kier alpha value is -2.89. The lowest BCUT2D eigenvalue weighted by atomic mass is 10.1. The Morgan fingerprint density at radius 3 is 2.84 bits per heavy atom. The molecule has 1 atom stereocenters. The molecule has 2 amide bonds. The predicted octanol–water partition coefficient (Wildman–Crippen LogP) is 2.76. The fraction of sp³-hybridized carbons (Fsp3) is 0.263. The van der Waals surface area contributed by atoms with Gasteiger partial charge in [-0.15, -0.1) is 0 Å². The van der Waals surface area contributed by atoms with Crippen molar-refractivity contribution in [2.45, 2.75) is 19.4 Å². The average Bonchev–Trinajstić information content (AvgIpc) is 2.96. The third-order valence-corrected chi connectivity index (χ3v) is 4.01. The van der Waals surface area contributed by atoms with Crippen molar-refractivity contribution in [1.82, 2.24) is 5.32 Å². The number of para-hydroxylation sites is 1. The molecule has 1 heterocycles. The van der Waals surface area contributed by atoms with Crippen molar-refractivity contribution < 1.29 is 18.7 Å². The minimum absolute atomic E-state index is 0.144. The molecule has 0 spiro atoms. The zero-order valence-electron chi connectivity index (χ0n) is 13.9. The molecule has 2 aromatic carbocycles. The van der Waals surface area contributed by atoms with E-state index in [2.05, 4.69) is 5.32 Å². The van der Waals surface area contributed by atoms with Crippen LogP contribution in [0.1, 0.15) is 23.7 Å². The van der Waals surface area contributed by atoms with Crippen LogP contribution in [0.15, 0.2) is 48.5 Å². The van der Waals surface area contributed by atoms with E-state index in [-0.39, 0.29) is 24.3 Å². The second-order valence-corrected chi connectivity index (χ2v) is 5.79. The largest absolute Gasteiger partial charge is 0.493 e. The van der Waals surface area contributed by atoms with Gasteiger partial charge < -0.3 is 15.0 Å². The average molecular weight is 342 g/mol. The van der Waals surface area contributed by atoms with Gasteiger partial charge in [0.2, 0.25) is 5.91 Å². The first-order chi connectivity index (χ1) is 12.1. The van der Waals surface area contributed by atoms with Crippen molar-refractivity contribution in [1.29, 1.82) is 0 Å². The van der Waals surface area contributed by atoms with Crippen molar-refractivity contribution in [2.24, 2.45) is 0 Å². The lowest BCUT2D eigenvalue weighted by Gasteiger charge is -2.18. The van der Waals surface area contributed by atoms with Crippen molar-refractivity contribution in [3.05, 3.63) is 59.9 Å². The summed E-state index contributed by atoms with van der Waals surface area (Å²) in [4.78, 5) is 26.2. The van der Waals surface area contributed by atoms with Gasteiger partial charge in [-0.25, -0.2) is 4.39 Å². The number of benzene rings is 2. The molecule has 130 valence electrons. The summed E-state index contributed by atoms with van der Waals surface area (Å²) in [5, 5.41) is 2.86. The highest BCUT2D eigenvalue weighted by molar-refractivity contribution is 6.00.